The number of carbonyl (C=O) groups is 1. The molecule has 3 heterocycles. The molecule has 4 rings (SSSR count). The molecule has 1 saturated heterocycles. The Balaban J connectivity index is 1.79. The number of para-hydroxylation sites is 1. The molecule has 1 aliphatic rings. The third kappa shape index (κ3) is 2.95. The first-order chi connectivity index (χ1) is 12.1. The molecule has 0 spiro atoms. The van der Waals surface area contributed by atoms with Gasteiger partial charge in [-0.2, -0.15) is 0 Å². The van der Waals surface area contributed by atoms with Crippen LogP contribution in [0.1, 0.15) is 19.1 Å². The molecule has 0 aliphatic carbocycles. The maximum Gasteiger partial charge on any atom is 0.319 e. The van der Waals surface area contributed by atoms with Crippen LogP contribution in [0.2, 0.25) is 0 Å². The van der Waals surface area contributed by atoms with Gasteiger partial charge in [0.1, 0.15) is 17.1 Å². The van der Waals surface area contributed by atoms with Crippen molar-refractivity contribution in [3.63, 3.8) is 0 Å². The lowest BCUT2D eigenvalue weighted by molar-refractivity contribution is -0.140. The first-order valence-electron chi connectivity index (χ1n) is 8.06. The average Bonchev–Trinajstić information content (AvgIpc) is 3.28. The Bertz CT molecular complexity index is 903. The van der Waals surface area contributed by atoms with E-state index in [2.05, 4.69) is 10.2 Å². The van der Waals surface area contributed by atoms with E-state index in [-0.39, 0.29) is 17.3 Å². The van der Waals surface area contributed by atoms with Crippen molar-refractivity contribution < 1.29 is 13.9 Å². The van der Waals surface area contributed by atoms with Crippen LogP contribution in [0.15, 0.2) is 52.2 Å². The molecule has 2 unspecified atom stereocenters. The van der Waals surface area contributed by atoms with Gasteiger partial charge in [-0.1, -0.05) is 30.0 Å². The number of cyclic esters (lactones) is 1. The van der Waals surface area contributed by atoms with E-state index in [0.717, 1.165) is 17.0 Å². The number of carbonyl (C=O) groups excluding carboxylic acids is 1. The number of furan rings is 1. The fourth-order valence-corrected chi connectivity index (χ4v) is 4.05. The first-order valence-corrected chi connectivity index (χ1v) is 8.94. The Morgan fingerprint density at radius 1 is 1.20 bits per heavy atom. The van der Waals surface area contributed by atoms with Crippen LogP contribution in [0.3, 0.4) is 0 Å². The lowest BCUT2D eigenvalue weighted by Gasteiger charge is -2.11. The normalized spacial score (nSPS) is 20.0. The zero-order valence-corrected chi connectivity index (χ0v) is 14.7. The number of aryl methyl sites for hydroxylation is 1. The highest BCUT2D eigenvalue weighted by Crippen LogP contribution is 2.35. The van der Waals surface area contributed by atoms with Gasteiger partial charge < -0.3 is 9.15 Å². The van der Waals surface area contributed by atoms with Crippen molar-refractivity contribution in [1.29, 1.82) is 0 Å². The zero-order chi connectivity index (χ0) is 17.4. The Hall–Kier alpha value is -2.54. The van der Waals surface area contributed by atoms with Crippen molar-refractivity contribution in [1.82, 2.24) is 14.8 Å². The van der Waals surface area contributed by atoms with Gasteiger partial charge >= 0.3 is 5.97 Å². The van der Waals surface area contributed by atoms with Crippen molar-refractivity contribution in [2.75, 3.05) is 0 Å². The minimum Gasteiger partial charge on any atom is -0.469 e. The number of esters is 1. The SMILES string of the molecule is Cc1occc1-c1nnc(SC2CC(C)OC2=O)n1-c1ccccc1. The molecule has 1 aliphatic heterocycles. The summed E-state index contributed by atoms with van der Waals surface area (Å²) in [4.78, 5) is 12.0. The maximum atomic E-state index is 12.0. The maximum absolute atomic E-state index is 12.0. The Labute approximate surface area is 149 Å². The van der Waals surface area contributed by atoms with E-state index >= 15 is 0 Å². The van der Waals surface area contributed by atoms with Crippen LogP contribution in [0.25, 0.3) is 17.1 Å². The van der Waals surface area contributed by atoms with Gasteiger partial charge in [0.05, 0.1) is 11.8 Å². The number of rotatable bonds is 4. The Morgan fingerprint density at radius 2 is 2.00 bits per heavy atom. The molecule has 2 aromatic heterocycles. The van der Waals surface area contributed by atoms with E-state index in [1.54, 1.807) is 6.26 Å². The van der Waals surface area contributed by atoms with Crippen molar-refractivity contribution >= 4 is 17.7 Å². The van der Waals surface area contributed by atoms with E-state index < -0.39 is 0 Å². The summed E-state index contributed by atoms with van der Waals surface area (Å²) in [5, 5.41) is 9.10. The minimum absolute atomic E-state index is 0.0614. The molecule has 0 radical (unpaired) electrons. The Morgan fingerprint density at radius 3 is 2.64 bits per heavy atom. The van der Waals surface area contributed by atoms with Gasteiger partial charge in [-0.25, -0.2) is 0 Å². The topological polar surface area (TPSA) is 70.2 Å². The third-order valence-corrected chi connectivity index (χ3v) is 5.27. The fourth-order valence-electron chi connectivity index (χ4n) is 2.89. The van der Waals surface area contributed by atoms with Crippen LogP contribution < -0.4 is 0 Å². The van der Waals surface area contributed by atoms with Crippen LogP contribution in [0.4, 0.5) is 0 Å². The molecule has 0 N–H and O–H groups in total. The molecule has 6 nitrogen and oxygen atoms in total. The minimum atomic E-state index is -0.264. The standard InChI is InChI=1S/C18H17N3O3S/c1-11-10-15(17(22)24-11)25-18-20-19-16(14-8-9-23-12(14)2)21(18)13-6-4-3-5-7-13/h3-9,11,15H,10H2,1-2H3. The van der Waals surface area contributed by atoms with Gasteiger partial charge in [0.2, 0.25) is 0 Å². The van der Waals surface area contributed by atoms with E-state index in [0.29, 0.717) is 17.4 Å². The van der Waals surface area contributed by atoms with Crippen LogP contribution in [-0.2, 0) is 9.53 Å². The van der Waals surface area contributed by atoms with Crippen molar-refractivity contribution in [2.24, 2.45) is 0 Å². The van der Waals surface area contributed by atoms with Crippen LogP contribution in [-0.4, -0.2) is 32.1 Å². The van der Waals surface area contributed by atoms with E-state index in [1.807, 2.05) is 54.8 Å². The Kier molecular flexibility index (Phi) is 4.09. The summed E-state index contributed by atoms with van der Waals surface area (Å²) in [6.45, 7) is 3.79. The first kappa shape index (κ1) is 16.0. The van der Waals surface area contributed by atoms with E-state index in [1.165, 1.54) is 11.8 Å². The molecule has 128 valence electrons. The fraction of sp³-hybridized carbons (Fsp3) is 0.278. The van der Waals surface area contributed by atoms with Gasteiger partial charge in [0, 0.05) is 12.1 Å². The number of nitrogens with zero attached hydrogens (tertiary/aromatic N) is 3. The smallest absolute Gasteiger partial charge is 0.319 e. The van der Waals surface area contributed by atoms with E-state index in [4.69, 9.17) is 9.15 Å². The van der Waals surface area contributed by atoms with Crippen LogP contribution in [0, 0.1) is 6.92 Å². The molecule has 0 bridgehead atoms. The summed E-state index contributed by atoms with van der Waals surface area (Å²) in [5.74, 6) is 1.27. The molecular weight excluding hydrogens is 338 g/mol. The summed E-state index contributed by atoms with van der Waals surface area (Å²) in [6, 6.07) is 11.7. The summed E-state index contributed by atoms with van der Waals surface area (Å²) in [6.07, 6.45) is 2.25. The average molecular weight is 355 g/mol. The van der Waals surface area contributed by atoms with Crippen molar-refractivity contribution in [3.05, 3.63) is 48.4 Å². The molecule has 0 saturated carbocycles. The second-order valence-electron chi connectivity index (χ2n) is 5.96. The zero-order valence-electron chi connectivity index (χ0n) is 13.9. The highest BCUT2D eigenvalue weighted by Gasteiger charge is 2.34. The van der Waals surface area contributed by atoms with Gasteiger partial charge in [-0.05, 0) is 32.0 Å². The number of benzene rings is 1. The summed E-state index contributed by atoms with van der Waals surface area (Å²) in [7, 11) is 0. The van der Waals surface area contributed by atoms with Gasteiger partial charge in [-0.15, -0.1) is 10.2 Å². The third-order valence-electron chi connectivity index (χ3n) is 4.12. The predicted octanol–water partition coefficient (Wildman–Crippen LogP) is 3.63. The molecule has 1 fully saturated rings. The van der Waals surface area contributed by atoms with Crippen molar-refractivity contribution in [3.8, 4) is 17.1 Å². The second kappa shape index (κ2) is 6.40. The monoisotopic (exact) mass is 355 g/mol. The number of hydrogen-bond donors (Lipinski definition) is 0. The number of aromatic nitrogens is 3. The van der Waals surface area contributed by atoms with Gasteiger partial charge in [0.15, 0.2) is 11.0 Å². The molecule has 25 heavy (non-hydrogen) atoms. The molecule has 3 aromatic rings. The van der Waals surface area contributed by atoms with Crippen molar-refractivity contribution in [2.45, 2.75) is 36.8 Å². The quantitative estimate of drug-likeness (QED) is 0.666. The summed E-state index contributed by atoms with van der Waals surface area (Å²) >= 11 is 1.39. The highest BCUT2D eigenvalue weighted by atomic mass is 32.2. The molecule has 2 atom stereocenters. The molecule has 7 heteroatoms. The molecule has 1 aromatic carbocycles. The van der Waals surface area contributed by atoms with Gasteiger partial charge in [0.25, 0.3) is 0 Å². The van der Waals surface area contributed by atoms with Crippen LogP contribution in [0.5, 0.6) is 0 Å². The van der Waals surface area contributed by atoms with Crippen LogP contribution >= 0.6 is 11.8 Å². The largest absolute Gasteiger partial charge is 0.469 e. The number of hydrogen-bond acceptors (Lipinski definition) is 6. The molecular formula is C18H17N3O3S. The number of thioether (sulfide) groups is 1. The number of ether oxygens (including phenoxy) is 1. The highest BCUT2D eigenvalue weighted by molar-refractivity contribution is 8.00. The second-order valence-corrected chi connectivity index (χ2v) is 7.13. The molecule has 0 amide bonds. The lowest BCUT2D eigenvalue weighted by atomic mass is 10.2. The summed E-state index contributed by atoms with van der Waals surface area (Å²) in [5.41, 5.74) is 1.82. The van der Waals surface area contributed by atoms with Gasteiger partial charge in [-0.3, -0.25) is 9.36 Å². The predicted molar refractivity (Wildman–Crippen MR) is 93.6 cm³/mol. The van der Waals surface area contributed by atoms with E-state index in [9.17, 15) is 4.79 Å². The lowest BCUT2D eigenvalue weighted by Crippen LogP contribution is -2.11. The summed E-state index contributed by atoms with van der Waals surface area (Å²) < 4.78 is 12.6.